The molecule has 16 heavy (non-hydrogen) atoms. The second-order valence-electron chi connectivity index (χ2n) is 4.37. The predicted octanol–water partition coefficient (Wildman–Crippen LogP) is 2.98. The number of anilines is 1. The Hall–Kier alpha value is -1.22. The number of nitrogens with one attached hydrogen (secondary N) is 1. The number of fused-ring (bicyclic) bond motifs is 1. The van der Waals surface area contributed by atoms with Crippen LogP contribution in [0.15, 0.2) is 18.2 Å². The molecule has 3 rings (SSSR count). The quantitative estimate of drug-likeness (QED) is 0.753. The summed E-state index contributed by atoms with van der Waals surface area (Å²) >= 11 is 6.01. The first kappa shape index (κ1) is 9.97. The second kappa shape index (κ2) is 3.39. The number of para-hydroxylation sites is 1. The number of amides is 1. The molecule has 1 amide bonds. The van der Waals surface area contributed by atoms with Crippen LogP contribution in [-0.2, 0) is 4.79 Å². The van der Waals surface area contributed by atoms with Gasteiger partial charge in [0, 0.05) is 0 Å². The molecule has 1 aromatic rings. The molecule has 1 aliphatic carbocycles. The van der Waals surface area contributed by atoms with Crippen molar-refractivity contribution in [3.63, 3.8) is 0 Å². The first-order chi connectivity index (χ1) is 7.71. The standard InChI is InChI=1S/C12H12ClNO2/c13-8-4-3-5-9-10(8)14-11(15)12(16-9)6-1-2-7-12/h3-5H,1-2,6-7H2,(H,14,15). The van der Waals surface area contributed by atoms with Gasteiger partial charge in [0.1, 0.15) is 11.4 Å². The summed E-state index contributed by atoms with van der Waals surface area (Å²) in [5.41, 5.74) is -0.0378. The molecule has 0 saturated heterocycles. The van der Waals surface area contributed by atoms with Gasteiger partial charge >= 0.3 is 0 Å². The second-order valence-corrected chi connectivity index (χ2v) is 4.78. The smallest absolute Gasteiger partial charge is 0.268 e. The molecular weight excluding hydrogens is 226 g/mol. The summed E-state index contributed by atoms with van der Waals surface area (Å²) in [5, 5.41) is 3.39. The van der Waals surface area contributed by atoms with E-state index in [1.54, 1.807) is 6.07 Å². The third-order valence-corrected chi connectivity index (χ3v) is 3.66. The Labute approximate surface area is 98.7 Å². The number of rotatable bonds is 0. The van der Waals surface area contributed by atoms with Gasteiger partial charge in [-0.05, 0) is 37.8 Å². The van der Waals surface area contributed by atoms with Crippen molar-refractivity contribution in [2.45, 2.75) is 31.3 Å². The fraction of sp³-hybridized carbons (Fsp3) is 0.417. The van der Waals surface area contributed by atoms with Crippen molar-refractivity contribution in [3.05, 3.63) is 23.2 Å². The van der Waals surface area contributed by atoms with Crippen molar-refractivity contribution in [2.24, 2.45) is 0 Å². The van der Waals surface area contributed by atoms with E-state index in [2.05, 4.69) is 5.32 Å². The molecule has 0 atom stereocenters. The van der Waals surface area contributed by atoms with E-state index in [1.807, 2.05) is 12.1 Å². The maximum absolute atomic E-state index is 12.0. The summed E-state index contributed by atoms with van der Waals surface area (Å²) in [4.78, 5) is 12.0. The maximum Gasteiger partial charge on any atom is 0.268 e. The van der Waals surface area contributed by atoms with Crippen molar-refractivity contribution in [2.75, 3.05) is 5.32 Å². The van der Waals surface area contributed by atoms with Crippen LogP contribution >= 0.6 is 11.6 Å². The fourth-order valence-corrected chi connectivity index (χ4v) is 2.68. The van der Waals surface area contributed by atoms with Crippen LogP contribution in [0.5, 0.6) is 5.75 Å². The summed E-state index contributed by atoms with van der Waals surface area (Å²) < 4.78 is 5.88. The minimum absolute atomic E-state index is 0.0504. The highest BCUT2D eigenvalue weighted by Crippen LogP contribution is 2.44. The van der Waals surface area contributed by atoms with Gasteiger partial charge in [-0.2, -0.15) is 0 Å². The number of benzene rings is 1. The van der Waals surface area contributed by atoms with Gasteiger partial charge in [-0.15, -0.1) is 0 Å². The van der Waals surface area contributed by atoms with E-state index in [0.29, 0.717) is 16.5 Å². The highest BCUT2D eigenvalue weighted by atomic mass is 35.5. The van der Waals surface area contributed by atoms with Crippen LogP contribution in [0.25, 0.3) is 0 Å². The molecule has 1 fully saturated rings. The summed E-state index contributed by atoms with van der Waals surface area (Å²) in [7, 11) is 0. The normalized spacial score (nSPS) is 21.4. The minimum Gasteiger partial charge on any atom is -0.475 e. The molecule has 0 unspecified atom stereocenters. The van der Waals surface area contributed by atoms with E-state index in [4.69, 9.17) is 16.3 Å². The van der Waals surface area contributed by atoms with Crippen molar-refractivity contribution in [1.82, 2.24) is 0 Å². The largest absolute Gasteiger partial charge is 0.475 e. The van der Waals surface area contributed by atoms with Crippen LogP contribution in [0.2, 0.25) is 5.02 Å². The Morgan fingerprint density at radius 3 is 2.81 bits per heavy atom. The van der Waals surface area contributed by atoms with E-state index < -0.39 is 5.60 Å². The van der Waals surface area contributed by atoms with E-state index in [9.17, 15) is 4.79 Å². The zero-order valence-corrected chi connectivity index (χ0v) is 9.51. The van der Waals surface area contributed by atoms with E-state index >= 15 is 0 Å². The summed E-state index contributed by atoms with van der Waals surface area (Å²) in [6, 6.07) is 5.43. The SMILES string of the molecule is O=C1Nc2c(Cl)cccc2OC12CCCC2. The van der Waals surface area contributed by atoms with Gasteiger partial charge < -0.3 is 10.1 Å². The summed E-state index contributed by atoms with van der Waals surface area (Å²) in [6.45, 7) is 0. The molecule has 2 aliphatic rings. The zero-order chi connectivity index (χ0) is 11.2. The van der Waals surface area contributed by atoms with Gasteiger partial charge in [-0.3, -0.25) is 4.79 Å². The van der Waals surface area contributed by atoms with Gasteiger partial charge in [0.2, 0.25) is 0 Å². The number of carbonyl (C=O) groups excluding carboxylic acids is 1. The average Bonchev–Trinajstić information content (AvgIpc) is 2.71. The lowest BCUT2D eigenvalue weighted by Gasteiger charge is -2.34. The maximum atomic E-state index is 12.0. The van der Waals surface area contributed by atoms with Gasteiger partial charge in [0.25, 0.3) is 5.91 Å². The minimum atomic E-state index is -0.641. The third kappa shape index (κ3) is 1.31. The predicted molar refractivity (Wildman–Crippen MR) is 61.9 cm³/mol. The number of halogens is 1. The van der Waals surface area contributed by atoms with E-state index in [-0.39, 0.29) is 5.91 Å². The molecule has 1 spiro atoms. The topological polar surface area (TPSA) is 38.3 Å². The van der Waals surface area contributed by atoms with E-state index in [0.717, 1.165) is 25.7 Å². The van der Waals surface area contributed by atoms with E-state index in [1.165, 1.54) is 0 Å². The van der Waals surface area contributed by atoms with Gasteiger partial charge in [-0.1, -0.05) is 17.7 Å². The Morgan fingerprint density at radius 1 is 1.31 bits per heavy atom. The Morgan fingerprint density at radius 2 is 2.06 bits per heavy atom. The number of carbonyl (C=O) groups is 1. The molecule has 84 valence electrons. The van der Waals surface area contributed by atoms with Gasteiger partial charge in [0.15, 0.2) is 5.60 Å². The third-order valence-electron chi connectivity index (χ3n) is 3.34. The monoisotopic (exact) mass is 237 g/mol. The number of hydrogen-bond acceptors (Lipinski definition) is 2. The van der Waals surface area contributed by atoms with Crippen molar-refractivity contribution in [3.8, 4) is 5.75 Å². The van der Waals surface area contributed by atoms with Crippen LogP contribution < -0.4 is 10.1 Å². The van der Waals surface area contributed by atoms with Gasteiger partial charge in [-0.25, -0.2) is 0 Å². The number of ether oxygens (including phenoxy) is 1. The molecule has 1 aliphatic heterocycles. The van der Waals surface area contributed by atoms with Crippen LogP contribution in [0.4, 0.5) is 5.69 Å². The van der Waals surface area contributed by atoms with Crippen LogP contribution in [-0.4, -0.2) is 11.5 Å². The molecule has 0 aromatic heterocycles. The molecule has 3 nitrogen and oxygen atoms in total. The summed E-state index contributed by atoms with van der Waals surface area (Å²) in [6.07, 6.45) is 3.68. The zero-order valence-electron chi connectivity index (χ0n) is 8.75. The van der Waals surface area contributed by atoms with Crippen molar-refractivity contribution < 1.29 is 9.53 Å². The fourth-order valence-electron chi connectivity index (χ4n) is 2.47. The molecule has 0 bridgehead atoms. The number of hydrogen-bond donors (Lipinski definition) is 1. The summed E-state index contributed by atoms with van der Waals surface area (Å²) in [5.74, 6) is 0.639. The molecule has 0 radical (unpaired) electrons. The van der Waals surface area contributed by atoms with Crippen LogP contribution in [0.3, 0.4) is 0 Å². The van der Waals surface area contributed by atoms with Crippen molar-refractivity contribution in [1.29, 1.82) is 0 Å². The highest BCUT2D eigenvalue weighted by Gasteiger charge is 2.46. The Kier molecular flexibility index (Phi) is 2.11. The van der Waals surface area contributed by atoms with Crippen LogP contribution in [0.1, 0.15) is 25.7 Å². The molecule has 4 heteroatoms. The van der Waals surface area contributed by atoms with Crippen LogP contribution in [0, 0.1) is 0 Å². The lowest BCUT2D eigenvalue weighted by atomic mass is 9.98. The molecular formula is C12H12ClNO2. The first-order valence-corrected chi connectivity index (χ1v) is 5.88. The molecule has 1 N–H and O–H groups in total. The Balaban J connectivity index is 2.05. The van der Waals surface area contributed by atoms with Gasteiger partial charge in [0.05, 0.1) is 5.02 Å². The Bertz CT molecular complexity index is 452. The molecule has 1 heterocycles. The highest BCUT2D eigenvalue weighted by molar-refractivity contribution is 6.34. The lowest BCUT2D eigenvalue weighted by molar-refractivity contribution is -0.131. The first-order valence-electron chi connectivity index (χ1n) is 5.50. The van der Waals surface area contributed by atoms with Crippen molar-refractivity contribution >= 4 is 23.2 Å². The lowest BCUT2D eigenvalue weighted by Crippen LogP contribution is -2.48. The molecule has 1 saturated carbocycles. The molecule has 1 aromatic carbocycles. The average molecular weight is 238 g/mol.